The Morgan fingerprint density at radius 1 is 1.62 bits per heavy atom. The Morgan fingerprint density at radius 3 is 3.23 bits per heavy atom. The summed E-state index contributed by atoms with van der Waals surface area (Å²) in [7, 11) is 0. The van der Waals surface area contributed by atoms with Gasteiger partial charge in [-0.25, -0.2) is 4.98 Å². The molecule has 1 aliphatic heterocycles. The van der Waals surface area contributed by atoms with E-state index in [0.29, 0.717) is 6.10 Å². The zero-order valence-electron chi connectivity index (χ0n) is 7.33. The van der Waals surface area contributed by atoms with Gasteiger partial charge in [0.25, 0.3) is 0 Å². The zero-order chi connectivity index (χ0) is 9.10. The Balaban J connectivity index is 1.99. The van der Waals surface area contributed by atoms with Crippen molar-refractivity contribution in [2.45, 2.75) is 30.7 Å². The van der Waals surface area contributed by atoms with Gasteiger partial charge in [-0.15, -0.1) is 0 Å². The number of ether oxygens (including phenoxy) is 1. The van der Waals surface area contributed by atoms with Gasteiger partial charge in [-0.1, -0.05) is 15.9 Å². The molecule has 1 aromatic heterocycles. The average molecular weight is 246 g/mol. The monoisotopic (exact) mass is 245 g/mol. The number of oxazole rings is 1. The second-order valence-corrected chi connectivity index (χ2v) is 3.76. The van der Waals surface area contributed by atoms with Gasteiger partial charge in [0, 0.05) is 18.4 Å². The lowest BCUT2D eigenvalue weighted by Crippen LogP contribution is -2.09. The topological polar surface area (TPSA) is 35.3 Å². The fourth-order valence-corrected chi connectivity index (χ4v) is 2.04. The van der Waals surface area contributed by atoms with E-state index in [1.165, 1.54) is 12.8 Å². The number of nitrogens with zero attached hydrogens (tertiary/aromatic N) is 1. The van der Waals surface area contributed by atoms with E-state index in [1.807, 2.05) is 0 Å². The Kier molecular flexibility index (Phi) is 3.01. The van der Waals surface area contributed by atoms with E-state index < -0.39 is 0 Å². The van der Waals surface area contributed by atoms with Crippen molar-refractivity contribution in [2.75, 3.05) is 6.61 Å². The maximum atomic E-state index is 5.52. The van der Waals surface area contributed by atoms with E-state index >= 15 is 0 Å². The standard InChI is InChI=1S/C9H12BrNO2/c10-5-8-9(13-6-11-8)4-7-2-1-3-12-7/h6-7H,1-5H2. The summed E-state index contributed by atoms with van der Waals surface area (Å²) in [6.45, 7) is 0.891. The number of hydrogen-bond acceptors (Lipinski definition) is 3. The Labute approximate surface area is 85.6 Å². The molecule has 2 heterocycles. The second kappa shape index (κ2) is 4.24. The van der Waals surface area contributed by atoms with E-state index in [-0.39, 0.29) is 0 Å². The summed E-state index contributed by atoms with van der Waals surface area (Å²) >= 11 is 3.37. The summed E-state index contributed by atoms with van der Waals surface area (Å²) in [6.07, 6.45) is 5.01. The molecular formula is C9H12BrNO2. The number of alkyl halides is 1. The van der Waals surface area contributed by atoms with Crippen molar-refractivity contribution in [1.82, 2.24) is 4.98 Å². The van der Waals surface area contributed by atoms with Crippen LogP contribution in [0.1, 0.15) is 24.3 Å². The minimum Gasteiger partial charge on any atom is -0.448 e. The van der Waals surface area contributed by atoms with Crippen LogP contribution in [0.15, 0.2) is 10.8 Å². The molecule has 0 N–H and O–H groups in total. The first-order chi connectivity index (χ1) is 6.40. The van der Waals surface area contributed by atoms with Gasteiger partial charge in [0.05, 0.1) is 11.8 Å². The molecule has 0 amide bonds. The van der Waals surface area contributed by atoms with Crippen molar-refractivity contribution in [3.8, 4) is 0 Å². The first-order valence-electron chi connectivity index (χ1n) is 4.49. The van der Waals surface area contributed by atoms with Crippen LogP contribution in [0.3, 0.4) is 0 Å². The SMILES string of the molecule is BrCc1ncoc1CC1CCCO1. The molecule has 1 fully saturated rings. The molecule has 3 nitrogen and oxygen atoms in total. The molecule has 72 valence electrons. The minimum absolute atomic E-state index is 0.339. The lowest BCUT2D eigenvalue weighted by Gasteiger charge is -2.06. The molecular weight excluding hydrogens is 234 g/mol. The van der Waals surface area contributed by atoms with Gasteiger partial charge in [-0.05, 0) is 12.8 Å². The van der Waals surface area contributed by atoms with E-state index in [1.54, 1.807) is 0 Å². The maximum Gasteiger partial charge on any atom is 0.181 e. The van der Waals surface area contributed by atoms with E-state index in [0.717, 1.165) is 36.2 Å². The van der Waals surface area contributed by atoms with Crippen LogP contribution in [-0.2, 0) is 16.5 Å². The largest absolute Gasteiger partial charge is 0.448 e. The first kappa shape index (κ1) is 9.21. The zero-order valence-corrected chi connectivity index (χ0v) is 8.92. The minimum atomic E-state index is 0.339. The number of aromatic nitrogens is 1. The van der Waals surface area contributed by atoms with Crippen molar-refractivity contribution >= 4 is 15.9 Å². The van der Waals surface area contributed by atoms with Crippen molar-refractivity contribution in [3.63, 3.8) is 0 Å². The van der Waals surface area contributed by atoms with Crippen LogP contribution in [0, 0.1) is 0 Å². The Morgan fingerprint density at radius 2 is 2.54 bits per heavy atom. The van der Waals surface area contributed by atoms with Gasteiger partial charge in [-0.2, -0.15) is 0 Å². The summed E-state index contributed by atoms with van der Waals surface area (Å²) in [5.74, 6) is 0.962. The third kappa shape index (κ3) is 2.11. The number of rotatable bonds is 3. The molecule has 1 unspecified atom stereocenters. The highest BCUT2D eigenvalue weighted by Crippen LogP contribution is 2.20. The normalized spacial score (nSPS) is 22.4. The average Bonchev–Trinajstić information content (AvgIpc) is 2.76. The Hall–Kier alpha value is -0.350. The highest BCUT2D eigenvalue weighted by atomic mass is 79.9. The fourth-order valence-electron chi connectivity index (χ4n) is 1.58. The summed E-state index contributed by atoms with van der Waals surface area (Å²) in [4.78, 5) is 4.11. The van der Waals surface area contributed by atoms with Crippen LogP contribution < -0.4 is 0 Å². The van der Waals surface area contributed by atoms with E-state index in [4.69, 9.17) is 9.15 Å². The highest BCUT2D eigenvalue weighted by Gasteiger charge is 2.19. The summed E-state index contributed by atoms with van der Waals surface area (Å²) in [6, 6.07) is 0. The van der Waals surface area contributed by atoms with Crippen LogP contribution in [0.2, 0.25) is 0 Å². The van der Waals surface area contributed by atoms with E-state index in [2.05, 4.69) is 20.9 Å². The third-order valence-electron chi connectivity index (χ3n) is 2.29. The molecule has 2 rings (SSSR count). The number of hydrogen-bond donors (Lipinski definition) is 0. The quantitative estimate of drug-likeness (QED) is 0.767. The van der Waals surface area contributed by atoms with Gasteiger partial charge in [0.2, 0.25) is 0 Å². The predicted octanol–water partition coefficient (Wildman–Crippen LogP) is 2.29. The first-order valence-corrected chi connectivity index (χ1v) is 5.61. The molecule has 0 saturated carbocycles. The third-order valence-corrected chi connectivity index (χ3v) is 2.82. The van der Waals surface area contributed by atoms with E-state index in [9.17, 15) is 0 Å². The molecule has 0 aliphatic carbocycles. The molecule has 0 radical (unpaired) electrons. The second-order valence-electron chi connectivity index (χ2n) is 3.20. The summed E-state index contributed by atoms with van der Waals surface area (Å²) in [5.41, 5.74) is 0.996. The van der Waals surface area contributed by atoms with Crippen LogP contribution >= 0.6 is 15.9 Å². The molecule has 4 heteroatoms. The van der Waals surface area contributed by atoms with Crippen molar-refractivity contribution in [1.29, 1.82) is 0 Å². The highest BCUT2D eigenvalue weighted by molar-refractivity contribution is 9.08. The molecule has 0 spiro atoms. The van der Waals surface area contributed by atoms with Crippen LogP contribution in [-0.4, -0.2) is 17.7 Å². The maximum absolute atomic E-state index is 5.52. The van der Waals surface area contributed by atoms with Crippen LogP contribution in [0.25, 0.3) is 0 Å². The lowest BCUT2D eigenvalue weighted by atomic mass is 10.1. The molecule has 13 heavy (non-hydrogen) atoms. The van der Waals surface area contributed by atoms with Gasteiger partial charge in [0.1, 0.15) is 5.76 Å². The molecule has 0 aromatic carbocycles. The van der Waals surface area contributed by atoms with Gasteiger partial charge >= 0.3 is 0 Å². The van der Waals surface area contributed by atoms with Crippen LogP contribution in [0.4, 0.5) is 0 Å². The van der Waals surface area contributed by atoms with Gasteiger partial charge < -0.3 is 9.15 Å². The predicted molar refractivity (Wildman–Crippen MR) is 51.8 cm³/mol. The smallest absolute Gasteiger partial charge is 0.181 e. The molecule has 1 saturated heterocycles. The summed E-state index contributed by atoms with van der Waals surface area (Å²) in [5, 5.41) is 0.756. The van der Waals surface area contributed by atoms with Crippen molar-refractivity contribution < 1.29 is 9.15 Å². The molecule has 1 atom stereocenters. The molecule has 1 aromatic rings. The van der Waals surface area contributed by atoms with Crippen molar-refractivity contribution in [2.24, 2.45) is 0 Å². The fraction of sp³-hybridized carbons (Fsp3) is 0.667. The Bertz CT molecular complexity index is 268. The lowest BCUT2D eigenvalue weighted by molar-refractivity contribution is 0.107. The molecule has 1 aliphatic rings. The van der Waals surface area contributed by atoms with Gasteiger partial charge in [-0.3, -0.25) is 0 Å². The van der Waals surface area contributed by atoms with Crippen LogP contribution in [0.5, 0.6) is 0 Å². The number of halogens is 1. The van der Waals surface area contributed by atoms with Gasteiger partial charge in [0.15, 0.2) is 6.39 Å². The van der Waals surface area contributed by atoms with Crippen molar-refractivity contribution in [3.05, 3.63) is 17.8 Å². The summed E-state index contributed by atoms with van der Waals surface area (Å²) < 4.78 is 10.8. The molecule has 0 bridgehead atoms.